The summed E-state index contributed by atoms with van der Waals surface area (Å²) >= 11 is 0. The van der Waals surface area contributed by atoms with E-state index in [0.717, 1.165) is 0 Å². The molecule has 0 rings (SSSR count). The molecule has 0 atom stereocenters. The van der Waals surface area contributed by atoms with Gasteiger partial charge in [-0.25, -0.2) is 0 Å². The van der Waals surface area contributed by atoms with Crippen molar-refractivity contribution < 1.29 is 45.7 Å². The summed E-state index contributed by atoms with van der Waals surface area (Å²) in [5.41, 5.74) is 0. The fourth-order valence-electron chi connectivity index (χ4n) is 0. The predicted molar refractivity (Wildman–Crippen MR) is 2.22 cm³/mol. The van der Waals surface area contributed by atoms with Crippen LogP contribution in [0.15, 0.2) is 0 Å². The van der Waals surface area contributed by atoms with E-state index in [-0.39, 0.29) is 16.8 Å². The Morgan fingerprint density at radius 1 is 1.17 bits per heavy atom. The van der Waals surface area contributed by atoms with Crippen LogP contribution in [-0.4, -0.2) is 4.66 Å². The van der Waals surface area contributed by atoms with Gasteiger partial charge in [0.15, 0.2) is 0 Å². The van der Waals surface area contributed by atoms with Crippen LogP contribution >= 0.6 is 0 Å². The first-order valence-corrected chi connectivity index (χ1v) is 1.90. The Kier molecular flexibility index (Phi) is 4.50. The van der Waals surface area contributed by atoms with Crippen molar-refractivity contribution in [2.24, 2.45) is 0 Å². The molecule has 6 heteroatoms. The Morgan fingerprint density at radius 2 is 1.17 bits per heavy atom. The predicted octanol–water partition coefficient (Wildman–Crippen LogP) is -4.13. The third kappa shape index (κ3) is 151. The molecule has 0 aromatic heterocycles. The van der Waals surface area contributed by atoms with Crippen LogP contribution in [0.3, 0.4) is 0 Å². The Morgan fingerprint density at radius 3 is 1.17 bits per heavy atom. The molecular weight excluding hydrogens is 158 g/mol. The van der Waals surface area contributed by atoms with E-state index in [1.54, 1.807) is 0 Å². The Balaban J connectivity index is 0. The molecule has 0 bridgehead atoms. The van der Waals surface area contributed by atoms with Gasteiger partial charge in [-0.1, -0.05) is 0 Å². The summed E-state index contributed by atoms with van der Waals surface area (Å²) in [7, 11) is -4.69. The smallest absolute Gasteiger partial charge is 0.183 e. The third-order valence-electron chi connectivity index (χ3n) is 0. The van der Waals surface area contributed by atoms with Crippen LogP contribution in [0.1, 0.15) is 0 Å². The summed E-state index contributed by atoms with van der Waals surface area (Å²) in [6, 6.07) is 0. The first-order valence-electron chi connectivity index (χ1n) is 0.632. The van der Waals surface area contributed by atoms with Crippen LogP contribution in [-0.2, 0) is 16.8 Å². The molecule has 0 aromatic carbocycles. The van der Waals surface area contributed by atoms with Crippen LogP contribution < -0.4 is 14.0 Å². The SMILES string of the molecule is [Co+2].[O-][Cl+3]([O-])([O-])O. The molecule has 0 fully saturated rings. The van der Waals surface area contributed by atoms with E-state index in [1.807, 2.05) is 0 Å². The van der Waals surface area contributed by atoms with Gasteiger partial charge in [0.2, 0.25) is 0 Å². The molecule has 0 unspecified atom stereocenters. The average Bonchev–Trinajstić information content (AvgIpc) is 0.722. The first-order chi connectivity index (χ1) is 2.00. The fourth-order valence-corrected chi connectivity index (χ4v) is 0. The van der Waals surface area contributed by atoms with Crippen molar-refractivity contribution in [2.75, 3.05) is 0 Å². The minimum atomic E-state index is -4.69. The largest absolute Gasteiger partial charge is 2.00 e. The van der Waals surface area contributed by atoms with Crippen LogP contribution in [0.4, 0.5) is 0 Å². The molecule has 1 N–H and O–H groups in total. The molecule has 1 radical (unpaired) electrons. The zero-order valence-electron chi connectivity index (χ0n) is 2.38. The van der Waals surface area contributed by atoms with Crippen molar-refractivity contribution in [3.8, 4) is 0 Å². The molecule has 0 aliphatic rings. The maximum atomic E-state index is 8.60. The Hall–Kier alpha value is 0.636. The monoisotopic (exact) mass is 159 g/mol. The van der Waals surface area contributed by atoms with Gasteiger partial charge >= 0.3 is 16.8 Å². The third-order valence-corrected chi connectivity index (χ3v) is 0. The van der Waals surface area contributed by atoms with Crippen molar-refractivity contribution in [1.82, 2.24) is 0 Å². The van der Waals surface area contributed by atoms with E-state index >= 15 is 0 Å². The van der Waals surface area contributed by atoms with Gasteiger partial charge in [0.25, 0.3) is 0 Å². The second kappa shape index (κ2) is 2.75. The van der Waals surface area contributed by atoms with Gasteiger partial charge in [0, 0.05) is 0 Å². The summed E-state index contributed by atoms with van der Waals surface area (Å²) in [6.07, 6.45) is 0. The normalized spacial score (nSPS) is 10.0. The quantitative estimate of drug-likeness (QED) is 0.389. The number of rotatable bonds is 0. The molecule has 0 heterocycles. The van der Waals surface area contributed by atoms with E-state index in [2.05, 4.69) is 0 Å². The summed E-state index contributed by atoms with van der Waals surface area (Å²) in [5.74, 6) is 0. The molecule has 39 valence electrons. The molecule has 0 aliphatic carbocycles. The van der Waals surface area contributed by atoms with Crippen LogP contribution in [0, 0.1) is 10.2 Å². The molecule has 0 spiro atoms. The van der Waals surface area contributed by atoms with Crippen molar-refractivity contribution in [1.29, 1.82) is 0 Å². The number of halogens is 1. The second-order valence-electron chi connectivity index (χ2n) is 0.396. The van der Waals surface area contributed by atoms with Gasteiger partial charge < -0.3 is 0 Å². The minimum Gasteiger partial charge on any atom is -0.183 e. The number of hydrogen-bond donors (Lipinski definition) is 1. The van der Waals surface area contributed by atoms with Gasteiger partial charge in [-0.05, 0) is 0 Å². The molecule has 0 aliphatic heterocycles. The molecule has 0 saturated heterocycles. The molecule has 0 aromatic rings. The van der Waals surface area contributed by atoms with Gasteiger partial charge in [-0.3, -0.25) is 0 Å². The summed E-state index contributed by atoms with van der Waals surface area (Å²) in [6.45, 7) is 0. The van der Waals surface area contributed by atoms with Crippen molar-refractivity contribution in [3.05, 3.63) is 0 Å². The topological polar surface area (TPSA) is 89.4 Å². The van der Waals surface area contributed by atoms with Crippen molar-refractivity contribution in [2.45, 2.75) is 0 Å². The van der Waals surface area contributed by atoms with Crippen molar-refractivity contribution in [3.63, 3.8) is 0 Å². The fraction of sp³-hybridized carbons (Fsp3) is 0. The van der Waals surface area contributed by atoms with Gasteiger partial charge in [0.1, 0.15) is 0 Å². The summed E-state index contributed by atoms with van der Waals surface area (Å²) in [4.78, 5) is 0. The van der Waals surface area contributed by atoms with Crippen LogP contribution in [0.5, 0.6) is 0 Å². The Labute approximate surface area is 46.3 Å². The van der Waals surface area contributed by atoms with E-state index in [0.29, 0.717) is 0 Å². The molecular formula is HClCoO4+2. The average molecular weight is 159 g/mol. The van der Waals surface area contributed by atoms with Crippen LogP contribution in [0.2, 0.25) is 0 Å². The molecule has 6 heavy (non-hydrogen) atoms. The van der Waals surface area contributed by atoms with Crippen LogP contribution in [0.25, 0.3) is 0 Å². The van der Waals surface area contributed by atoms with E-state index in [4.69, 9.17) is 18.6 Å². The summed E-state index contributed by atoms with van der Waals surface area (Å²) < 4.78 is 32.7. The molecule has 4 nitrogen and oxygen atoms in total. The summed E-state index contributed by atoms with van der Waals surface area (Å²) in [5, 5.41) is 0. The minimum absolute atomic E-state index is 0. The van der Waals surface area contributed by atoms with Gasteiger partial charge in [-0.2, -0.15) is 14.0 Å². The van der Waals surface area contributed by atoms with E-state index in [1.165, 1.54) is 0 Å². The van der Waals surface area contributed by atoms with Gasteiger partial charge in [0.05, 0.1) is 14.9 Å². The van der Waals surface area contributed by atoms with E-state index in [9.17, 15) is 0 Å². The second-order valence-corrected chi connectivity index (χ2v) is 1.19. The first kappa shape index (κ1) is 9.81. The molecule has 0 saturated carbocycles. The zero-order valence-corrected chi connectivity index (χ0v) is 4.18. The van der Waals surface area contributed by atoms with E-state index < -0.39 is 10.2 Å². The van der Waals surface area contributed by atoms with Crippen molar-refractivity contribution >= 4 is 0 Å². The maximum absolute atomic E-state index is 8.60. The zero-order chi connectivity index (χ0) is 4.50. The Bertz CT molecular complexity index is 23.0. The number of hydrogen-bond acceptors (Lipinski definition) is 4. The molecule has 0 amide bonds. The van der Waals surface area contributed by atoms with Gasteiger partial charge in [-0.15, -0.1) is 0 Å². The maximum Gasteiger partial charge on any atom is 2.00 e. The standard InChI is InChI=1S/ClHO4.Co/c2-1(3,4)5;/h(H,2,3,4,5);/q;+2.